The molecular formula is C11H20O2. The highest BCUT2D eigenvalue weighted by molar-refractivity contribution is 5.86. The number of carbonyl (C=O) groups is 1. The average molecular weight is 184 g/mol. The quantitative estimate of drug-likeness (QED) is 0.290. The lowest BCUT2D eigenvalue weighted by Crippen LogP contribution is -1.98. The number of allylic oxidation sites excluding steroid dienone is 1. The van der Waals surface area contributed by atoms with Crippen molar-refractivity contribution in [3.05, 3.63) is 24.8 Å². The van der Waals surface area contributed by atoms with Gasteiger partial charge in [-0.15, -0.1) is 6.58 Å². The van der Waals surface area contributed by atoms with Gasteiger partial charge in [0.15, 0.2) is 0 Å². The van der Waals surface area contributed by atoms with Crippen LogP contribution in [0.25, 0.3) is 0 Å². The molecule has 2 heteroatoms. The fourth-order valence-corrected chi connectivity index (χ4v) is 0.523. The van der Waals surface area contributed by atoms with Gasteiger partial charge in [-0.3, -0.25) is 0 Å². The molecule has 76 valence electrons. The summed E-state index contributed by atoms with van der Waals surface area (Å²) in [7, 11) is 1.33. The van der Waals surface area contributed by atoms with Gasteiger partial charge in [0.05, 0.1) is 7.11 Å². The molecule has 0 fully saturated rings. The molecular weight excluding hydrogens is 164 g/mol. The van der Waals surface area contributed by atoms with E-state index in [9.17, 15) is 4.79 Å². The average Bonchev–Trinajstić information content (AvgIpc) is 2.14. The first-order valence-corrected chi connectivity index (χ1v) is 4.44. The molecule has 0 N–H and O–H groups in total. The summed E-state index contributed by atoms with van der Waals surface area (Å²) in [4.78, 5) is 10.2. The first-order valence-electron chi connectivity index (χ1n) is 4.44. The monoisotopic (exact) mass is 184 g/mol. The van der Waals surface area contributed by atoms with Crippen molar-refractivity contribution in [2.45, 2.75) is 33.1 Å². The molecule has 0 aromatic rings. The molecule has 0 radical (unpaired) electrons. The number of methoxy groups -OCH3 is 1. The summed E-state index contributed by atoms with van der Waals surface area (Å²) in [5.74, 6) is -0.347. The molecule has 0 atom stereocenters. The summed E-state index contributed by atoms with van der Waals surface area (Å²) in [6.45, 7) is 10.7. The summed E-state index contributed by atoms with van der Waals surface area (Å²) in [6, 6.07) is 0. The van der Waals surface area contributed by atoms with E-state index in [4.69, 9.17) is 0 Å². The minimum atomic E-state index is -0.347. The lowest BCUT2D eigenvalue weighted by molar-refractivity contribution is -0.136. The van der Waals surface area contributed by atoms with Crippen LogP contribution in [0.1, 0.15) is 33.1 Å². The summed E-state index contributed by atoms with van der Waals surface area (Å²) in [5.41, 5.74) is 0.433. The summed E-state index contributed by atoms with van der Waals surface area (Å²) < 4.78 is 4.27. The van der Waals surface area contributed by atoms with Gasteiger partial charge in [0.1, 0.15) is 0 Å². The second-order valence-electron chi connectivity index (χ2n) is 2.70. The van der Waals surface area contributed by atoms with E-state index in [0.717, 1.165) is 0 Å². The standard InChI is InChI=1S/C6H12.C5H8O2/c1-3-5-6-4-2;1-4(2)5(6)7-3/h3H,1,4-6H2,2H3;1H2,2-3H3. The number of hydrogen-bond acceptors (Lipinski definition) is 2. The molecule has 0 saturated heterocycles. The van der Waals surface area contributed by atoms with Gasteiger partial charge in [-0.05, 0) is 13.3 Å². The number of unbranched alkanes of at least 4 members (excludes halogenated alkanes) is 2. The Hall–Kier alpha value is -1.05. The van der Waals surface area contributed by atoms with Gasteiger partial charge in [0, 0.05) is 5.57 Å². The van der Waals surface area contributed by atoms with Crippen molar-refractivity contribution in [2.24, 2.45) is 0 Å². The SMILES string of the molecule is C=C(C)C(=O)OC.C=CCCCC. The molecule has 0 aliphatic carbocycles. The molecule has 0 aliphatic rings. The van der Waals surface area contributed by atoms with E-state index < -0.39 is 0 Å². The van der Waals surface area contributed by atoms with E-state index in [1.807, 2.05) is 6.08 Å². The van der Waals surface area contributed by atoms with Crippen LogP contribution < -0.4 is 0 Å². The molecule has 0 aromatic carbocycles. The number of hydrogen-bond donors (Lipinski definition) is 0. The van der Waals surface area contributed by atoms with Crippen molar-refractivity contribution >= 4 is 5.97 Å². The Balaban J connectivity index is 0. The highest BCUT2D eigenvalue weighted by Crippen LogP contribution is 1.91. The smallest absolute Gasteiger partial charge is 0.332 e. The van der Waals surface area contributed by atoms with Crippen LogP contribution >= 0.6 is 0 Å². The Labute approximate surface area is 81.3 Å². The Kier molecular flexibility index (Phi) is 12.2. The first kappa shape index (κ1) is 14.5. The third-order valence-corrected chi connectivity index (χ3v) is 1.30. The molecule has 0 bridgehead atoms. The zero-order valence-electron chi connectivity index (χ0n) is 8.93. The van der Waals surface area contributed by atoms with Gasteiger partial charge in [0.2, 0.25) is 0 Å². The molecule has 0 saturated carbocycles. The lowest BCUT2D eigenvalue weighted by atomic mass is 10.3. The van der Waals surface area contributed by atoms with Gasteiger partial charge < -0.3 is 4.74 Å². The van der Waals surface area contributed by atoms with Crippen molar-refractivity contribution in [3.63, 3.8) is 0 Å². The van der Waals surface area contributed by atoms with Crippen LogP contribution in [0.3, 0.4) is 0 Å². The molecule has 0 heterocycles. The van der Waals surface area contributed by atoms with E-state index in [2.05, 4.69) is 24.8 Å². The van der Waals surface area contributed by atoms with Gasteiger partial charge >= 0.3 is 5.97 Å². The van der Waals surface area contributed by atoms with Gasteiger partial charge in [-0.1, -0.05) is 32.4 Å². The third-order valence-electron chi connectivity index (χ3n) is 1.30. The van der Waals surface area contributed by atoms with E-state index in [1.165, 1.54) is 26.4 Å². The molecule has 0 unspecified atom stereocenters. The maximum absolute atomic E-state index is 10.2. The van der Waals surface area contributed by atoms with Gasteiger partial charge in [0.25, 0.3) is 0 Å². The zero-order valence-corrected chi connectivity index (χ0v) is 8.93. The molecule has 2 nitrogen and oxygen atoms in total. The van der Waals surface area contributed by atoms with Crippen molar-refractivity contribution in [1.29, 1.82) is 0 Å². The Bertz CT molecular complexity index is 159. The highest BCUT2D eigenvalue weighted by atomic mass is 16.5. The molecule has 0 rings (SSSR count). The predicted octanol–water partition coefficient (Wildman–Crippen LogP) is 3.10. The van der Waals surface area contributed by atoms with Crippen molar-refractivity contribution < 1.29 is 9.53 Å². The fraction of sp³-hybridized carbons (Fsp3) is 0.545. The fourth-order valence-electron chi connectivity index (χ4n) is 0.523. The maximum Gasteiger partial charge on any atom is 0.332 e. The summed E-state index contributed by atoms with van der Waals surface area (Å²) >= 11 is 0. The van der Waals surface area contributed by atoms with E-state index in [1.54, 1.807) is 6.92 Å². The van der Waals surface area contributed by atoms with Gasteiger partial charge in [-0.25, -0.2) is 4.79 Å². The number of rotatable bonds is 4. The molecule has 0 spiro atoms. The third kappa shape index (κ3) is 13.9. The Morgan fingerprint density at radius 3 is 2.15 bits per heavy atom. The largest absolute Gasteiger partial charge is 0.466 e. The van der Waals surface area contributed by atoms with Crippen molar-refractivity contribution in [2.75, 3.05) is 7.11 Å². The summed E-state index contributed by atoms with van der Waals surface area (Å²) in [6.07, 6.45) is 5.72. The van der Waals surface area contributed by atoms with Crippen LogP contribution in [0.4, 0.5) is 0 Å². The lowest BCUT2D eigenvalue weighted by Gasteiger charge is -1.91. The summed E-state index contributed by atoms with van der Waals surface area (Å²) in [5, 5.41) is 0. The highest BCUT2D eigenvalue weighted by Gasteiger charge is 1.95. The van der Waals surface area contributed by atoms with E-state index in [0.29, 0.717) is 5.57 Å². The molecule has 13 heavy (non-hydrogen) atoms. The predicted molar refractivity (Wildman–Crippen MR) is 56.6 cm³/mol. The molecule has 0 amide bonds. The van der Waals surface area contributed by atoms with Crippen LogP contribution in [0.15, 0.2) is 24.8 Å². The second-order valence-corrected chi connectivity index (χ2v) is 2.70. The van der Waals surface area contributed by atoms with Crippen LogP contribution in [-0.2, 0) is 9.53 Å². The zero-order chi connectivity index (χ0) is 10.7. The number of ether oxygens (including phenoxy) is 1. The van der Waals surface area contributed by atoms with Crippen LogP contribution in [0.2, 0.25) is 0 Å². The minimum Gasteiger partial charge on any atom is -0.466 e. The first-order chi connectivity index (χ1) is 6.09. The topological polar surface area (TPSA) is 26.3 Å². The van der Waals surface area contributed by atoms with Crippen molar-refractivity contribution in [3.8, 4) is 0 Å². The maximum atomic E-state index is 10.2. The van der Waals surface area contributed by atoms with Crippen LogP contribution in [0, 0.1) is 0 Å². The normalized spacial score (nSPS) is 7.92. The van der Waals surface area contributed by atoms with Crippen LogP contribution in [0.5, 0.6) is 0 Å². The minimum absolute atomic E-state index is 0.347. The van der Waals surface area contributed by atoms with E-state index >= 15 is 0 Å². The van der Waals surface area contributed by atoms with Crippen LogP contribution in [-0.4, -0.2) is 13.1 Å². The van der Waals surface area contributed by atoms with Crippen molar-refractivity contribution in [1.82, 2.24) is 0 Å². The number of esters is 1. The van der Waals surface area contributed by atoms with Gasteiger partial charge in [-0.2, -0.15) is 0 Å². The number of carbonyl (C=O) groups excluding carboxylic acids is 1. The molecule has 0 aliphatic heterocycles. The Morgan fingerprint density at radius 2 is 2.08 bits per heavy atom. The Morgan fingerprint density at radius 1 is 1.54 bits per heavy atom. The second kappa shape index (κ2) is 11.0. The molecule has 0 aromatic heterocycles. The van der Waals surface area contributed by atoms with E-state index in [-0.39, 0.29) is 5.97 Å².